The summed E-state index contributed by atoms with van der Waals surface area (Å²) in [5.74, 6) is 0.299. The fourth-order valence-corrected chi connectivity index (χ4v) is 4.38. The van der Waals surface area contributed by atoms with Crippen LogP contribution in [0.1, 0.15) is 67.9 Å². The molecule has 1 aliphatic rings. The lowest BCUT2D eigenvalue weighted by atomic mass is 9.96. The number of aliphatic hydroxyl groups excluding tert-OH is 1. The minimum atomic E-state index is -0.419. The Morgan fingerprint density at radius 1 is 1.27 bits per heavy atom. The molecule has 2 aromatic heterocycles. The zero-order valence-corrected chi connectivity index (χ0v) is 23.4. The number of benzene rings is 1. The van der Waals surface area contributed by atoms with Gasteiger partial charge in [-0.1, -0.05) is 32.9 Å². The molecule has 1 aromatic carbocycles. The molecule has 1 aliphatic heterocycles. The van der Waals surface area contributed by atoms with Gasteiger partial charge in [0.05, 0.1) is 24.0 Å². The lowest BCUT2D eigenvalue weighted by Gasteiger charge is -2.19. The minimum absolute atomic E-state index is 0.0420. The molecule has 0 aliphatic carbocycles. The highest BCUT2D eigenvalue weighted by molar-refractivity contribution is 5.89. The van der Waals surface area contributed by atoms with Crippen LogP contribution in [0.4, 0.5) is 5.95 Å². The van der Waals surface area contributed by atoms with Gasteiger partial charge < -0.3 is 30.9 Å². The van der Waals surface area contributed by atoms with E-state index < -0.39 is 5.91 Å². The van der Waals surface area contributed by atoms with Crippen molar-refractivity contribution in [2.45, 2.75) is 52.1 Å². The molecule has 1 atom stereocenters. The Kier molecular flexibility index (Phi) is 9.22. The van der Waals surface area contributed by atoms with Crippen LogP contribution in [0.25, 0.3) is 11.3 Å². The number of amides is 1. The number of allylic oxidation sites excluding steroid dienone is 1. The Hall–Kier alpha value is -4.16. The third kappa shape index (κ3) is 7.07. The molecule has 5 N–H and O–H groups in total. The third-order valence-corrected chi connectivity index (χ3v) is 6.45. The number of aliphatic hydroxyl groups is 1. The molecule has 1 amide bonds. The van der Waals surface area contributed by atoms with Crippen molar-refractivity contribution in [2.24, 2.45) is 0 Å². The largest absolute Gasteiger partial charge is 0.416 e. The van der Waals surface area contributed by atoms with Crippen molar-refractivity contribution in [2.75, 3.05) is 31.6 Å². The molecule has 12 heteroatoms. The van der Waals surface area contributed by atoms with Crippen LogP contribution in [-0.4, -0.2) is 68.5 Å². The van der Waals surface area contributed by atoms with Gasteiger partial charge in [-0.05, 0) is 36.6 Å². The highest BCUT2D eigenvalue weighted by Crippen LogP contribution is 2.31. The maximum Gasteiger partial charge on any atom is 0.309 e. The van der Waals surface area contributed by atoms with Crippen LogP contribution in [0.3, 0.4) is 0 Å². The van der Waals surface area contributed by atoms with Gasteiger partial charge in [-0.15, -0.1) is 10.2 Å². The Balaban J connectivity index is 1.61. The number of β-amino-alcohol motifs (C(OH)–C–C–N with tert-alkyl or cyclic N) is 1. The number of anilines is 1. The summed E-state index contributed by atoms with van der Waals surface area (Å²) in [6, 6.07) is 7.60. The fraction of sp³-hybridized carbons (Fsp3) is 0.429. The first-order valence-corrected chi connectivity index (χ1v) is 13.4. The summed E-state index contributed by atoms with van der Waals surface area (Å²) in [5.41, 5.74) is 3.79. The number of hydrogen-bond donors (Lipinski definition) is 5. The van der Waals surface area contributed by atoms with Gasteiger partial charge in [0, 0.05) is 55.8 Å². The van der Waals surface area contributed by atoms with Crippen LogP contribution in [-0.2, 0) is 12.0 Å². The SMILES string of the molecule is CCN/C=C(\C=N)Nc1nccc(-c2ccc3c(c2)CN(CCO)CCC3NC(=O)c2nnc(C(C)(C)C)o2)n1. The molecule has 40 heavy (non-hydrogen) atoms. The van der Waals surface area contributed by atoms with E-state index >= 15 is 0 Å². The normalized spacial score (nSPS) is 16.1. The van der Waals surface area contributed by atoms with Crippen LogP contribution >= 0.6 is 0 Å². The van der Waals surface area contributed by atoms with Crippen molar-refractivity contribution >= 4 is 18.1 Å². The number of nitrogens with zero attached hydrogens (tertiary/aromatic N) is 5. The molecule has 0 saturated carbocycles. The van der Waals surface area contributed by atoms with Gasteiger partial charge in [0.25, 0.3) is 0 Å². The molecule has 1 unspecified atom stereocenters. The summed E-state index contributed by atoms with van der Waals surface area (Å²) in [6.07, 6.45) is 5.23. The molecule has 212 valence electrons. The van der Waals surface area contributed by atoms with E-state index in [1.165, 1.54) is 6.21 Å². The second kappa shape index (κ2) is 12.8. The van der Waals surface area contributed by atoms with E-state index in [9.17, 15) is 9.90 Å². The maximum atomic E-state index is 13.1. The van der Waals surface area contributed by atoms with E-state index in [0.29, 0.717) is 49.3 Å². The average molecular weight is 548 g/mol. The summed E-state index contributed by atoms with van der Waals surface area (Å²) < 4.78 is 5.66. The zero-order valence-electron chi connectivity index (χ0n) is 23.4. The number of aromatic nitrogens is 4. The Labute approximate surface area is 233 Å². The first kappa shape index (κ1) is 28.8. The van der Waals surface area contributed by atoms with Crippen molar-refractivity contribution in [3.63, 3.8) is 0 Å². The van der Waals surface area contributed by atoms with E-state index in [2.05, 4.69) is 47.1 Å². The number of fused-ring (bicyclic) bond motifs is 1. The molecule has 0 radical (unpaired) electrons. The second-order valence-electron chi connectivity index (χ2n) is 10.6. The van der Waals surface area contributed by atoms with Crippen LogP contribution in [0, 0.1) is 5.41 Å². The van der Waals surface area contributed by atoms with Crippen LogP contribution in [0.15, 0.2) is 46.8 Å². The summed E-state index contributed by atoms with van der Waals surface area (Å²) in [5, 5.41) is 34.4. The molecule has 3 heterocycles. The smallest absolute Gasteiger partial charge is 0.309 e. The number of hydrogen-bond acceptors (Lipinski definition) is 11. The van der Waals surface area contributed by atoms with E-state index in [4.69, 9.17) is 9.83 Å². The zero-order chi connectivity index (χ0) is 28.7. The fourth-order valence-electron chi connectivity index (χ4n) is 4.38. The molecule has 3 aromatic rings. The summed E-state index contributed by atoms with van der Waals surface area (Å²) in [6.45, 7) is 10.4. The third-order valence-electron chi connectivity index (χ3n) is 6.45. The van der Waals surface area contributed by atoms with Gasteiger partial charge in [0.1, 0.15) is 0 Å². The van der Waals surface area contributed by atoms with Gasteiger partial charge >= 0.3 is 11.8 Å². The summed E-state index contributed by atoms with van der Waals surface area (Å²) in [4.78, 5) is 24.2. The van der Waals surface area contributed by atoms with Gasteiger partial charge in [-0.2, -0.15) is 0 Å². The topological polar surface area (TPSA) is 165 Å². The lowest BCUT2D eigenvalue weighted by molar-refractivity contribution is 0.0893. The highest BCUT2D eigenvalue weighted by Gasteiger charge is 2.28. The van der Waals surface area contributed by atoms with Crippen molar-refractivity contribution in [3.8, 4) is 11.3 Å². The first-order valence-electron chi connectivity index (χ1n) is 13.4. The average Bonchev–Trinajstić information content (AvgIpc) is 3.39. The Morgan fingerprint density at radius 3 is 2.80 bits per heavy atom. The van der Waals surface area contributed by atoms with E-state index in [1.54, 1.807) is 12.4 Å². The highest BCUT2D eigenvalue weighted by atomic mass is 16.4. The quantitative estimate of drug-likeness (QED) is 0.238. The number of rotatable bonds is 10. The van der Waals surface area contributed by atoms with Gasteiger partial charge in [0.15, 0.2) is 0 Å². The summed E-state index contributed by atoms with van der Waals surface area (Å²) >= 11 is 0. The van der Waals surface area contributed by atoms with Gasteiger partial charge in [-0.3, -0.25) is 9.69 Å². The van der Waals surface area contributed by atoms with Crippen molar-refractivity contribution in [1.29, 1.82) is 5.41 Å². The van der Waals surface area contributed by atoms with Gasteiger partial charge in [0.2, 0.25) is 11.8 Å². The predicted molar refractivity (Wildman–Crippen MR) is 152 cm³/mol. The minimum Gasteiger partial charge on any atom is -0.416 e. The Bertz CT molecular complexity index is 1360. The van der Waals surface area contributed by atoms with Crippen LogP contribution < -0.4 is 16.0 Å². The van der Waals surface area contributed by atoms with Crippen LogP contribution in [0.5, 0.6) is 0 Å². The monoisotopic (exact) mass is 547 g/mol. The number of carbonyl (C=O) groups is 1. The van der Waals surface area contributed by atoms with Gasteiger partial charge in [-0.25, -0.2) is 9.97 Å². The van der Waals surface area contributed by atoms with Crippen molar-refractivity contribution in [1.82, 2.24) is 35.7 Å². The standard InChI is InChI=1S/C28H37N9O3/c1-5-30-16-20(15-29)32-27-31-10-8-22(34-27)18-6-7-21-19(14-18)17-37(12-13-38)11-9-23(21)33-24(39)25-35-36-26(40-25)28(2,3)4/h6-8,10,14-16,23,29-30,38H,5,9,11-13,17H2,1-4H3,(H,33,39)(H,31,32,34)/b20-16+,29-15?. The number of nitrogens with one attached hydrogen (secondary N) is 4. The second-order valence-corrected chi connectivity index (χ2v) is 10.6. The molecular weight excluding hydrogens is 510 g/mol. The number of carbonyl (C=O) groups excluding carboxylic acids is 1. The van der Waals surface area contributed by atoms with E-state index in [1.807, 2.05) is 45.9 Å². The predicted octanol–water partition coefficient (Wildman–Crippen LogP) is 3.01. The molecule has 12 nitrogen and oxygen atoms in total. The molecule has 4 rings (SSSR count). The van der Waals surface area contributed by atoms with E-state index in [0.717, 1.165) is 23.2 Å². The lowest BCUT2D eigenvalue weighted by Crippen LogP contribution is -2.31. The van der Waals surface area contributed by atoms with Crippen LogP contribution in [0.2, 0.25) is 0 Å². The molecule has 0 saturated heterocycles. The van der Waals surface area contributed by atoms with Crippen molar-refractivity contribution < 1.29 is 14.3 Å². The van der Waals surface area contributed by atoms with Crippen molar-refractivity contribution in [3.05, 3.63) is 65.3 Å². The molecule has 0 bridgehead atoms. The summed E-state index contributed by atoms with van der Waals surface area (Å²) in [7, 11) is 0. The molecule has 0 spiro atoms. The Morgan fingerprint density at radius 2 is 2.10 bits per heavy atom. The molecular formula is C28H37N9O3. The molecule has 0 fully saturated rings. The first-order chi connectivity index (χ1) is 19.2. The maximum absolute atomic E-state index is 13.1. The van der Waals surface area contributed by atoms with E-state index in [-0.39, 0.29) is 24.0 Å².